The molecule has 0 radical (unpaired) electrons. The van der Waals surface area contributed by atoms with Crippen LogP contribution in [0.5, 0.6) is 0 Å². The van der Waals surface area contributed by atoms with Crippen molar-refractivity contribution in [2.75, 3.05) is 4.90 Å². The Hall–Kier alpha value is -8.40. The highest BCUT2D eigenvalue weighted by molar-refractivity contribution is 6.14. The van der Waals surface area contributed by atoms with Crippen molar-refractivity contribution in [2.24, 2.45) is 0 Å². The number of aromatic nitrogens is 1. The topological polar surface area (TPSA) is 21.3 Å². The molecule has 3 heterocycles. The van der Waals surface area contributed by atoms with E-state index in [1.54, 1.807) is 0 Å². The molecular formula is C61H38N2O. The third-order valence-electron chi connectivity index (χ3n) is 14.0. The maximum Gasteiger partial charge on any atom is 0.159 e. The summed E-state index contributed by atoms with van der Waals surface area (Å²) in [6.07, 6.45) is 0. The number of para-hydroxylation sites is 6. The van der Waals surface area contributed by atoms with Gasteiger partial charge in [-0.15, -0.1) is 0 Å². The molecule has 2 aliphatic rings. The van der Waals surface area contributed by atoms with Gasteiger partial charge in [-0.1, -0.05) is 188 Å². The molecule has 1 spiro atoms. The molecule has 0 bridgehead atoms. The first-order valence-corrected chi connectivity index (χ1v) is 22.1. The van der Waals surface area contributed by atoms with Crippen molar-refractivity contribution in [1.82, 2.24) is 4.57 Å². The van der Waals surface area contributed by atoms with Gasteiger partial charge < -0.3 is 13.9 Å². The fourth-order valence-corrected chi connectivity index (χ4v) is 11.4. The Labute approximate surface area is 370 Å². The van der Waals surface area contributed by atoms with Crippen LogP contribution in [0.25, 0.3) is 82.8 Å². The second-order valence-corrected chi connectivity index (χ2v) is 17.1. The lowest BCUT2D eigenvalue weighted by Gasteiger charge is -2.40. The molecular weight excluding hydrogens is 777 g/mol. The molecule has 1 aliphatic carbocycles. The molecule has 3 heteroatoms. The lowest BCUT2D eigenvalue weighted by Crippen LogP contribution is -2.33. The highest BCUT2D eigenvalue weighted by Crippen LogP contribution is 2.62. The number of hydrogen-bond donors (Lipinski definition) is 0. The van der Waals surface area contributed by atoms with E-state index in [1.165, 1.54) is 72.0 Å². The Morgan fingerprint density at radius 2 is 0.984 bits per heavy atom. The lowest BCUT2D eigenvalue weighted by atomic mass is 9.65. The Balaban J connectivity index is 1.06. The average molecular weight is 815 g/mol. The molecule has 298 valence electrons. The molecule has 1 aliphatic heterocycles. The van der Waals surface area contributed by atoms with Gasteiger partial charge >= 0.3 is 0 Å². The molecule has 64 heavy (non-hydrogen) atoms. The number of fused-ring (bicyclic) bond motifs is 15. The largest absolute Gasteiger partial charge is 0.454 e. The van der Waals surface area contributed by atoms with E-state index in [2.05, 4.69) is 240 Å². The third-order valence-corrected chi connectivity index (χ3v) is 14.0. The van der Waals surface area contributed by atoms with Crippen molar-refractivity contribution in [3.8, 4) is 39.1 Å². The number of benzene rings is 10. The van der Waals surface area contributed by atoms with Gasteiger partial charge in [-0.05, 0) is 92.5 Å². The minimum atomic E-state index is -0.591. The predicted molar refractivity (Wildman–Crippen MR) is 264 cm³/mol. The molecule has 0 amide bonds. The highest BCUT2D eigenvalue weighted by atomic mass is 16.3. The van der Waals surface area contributed by atoms with Gasteiger partial charge in [-0.25, -0.2) is 0 Å². The first kappa shape index (κ1) is 35.2. The fourth-order valence-electron chi connectivity index (χ4n) is 11.4. The van der Waals surface area contributed by atoms with E-state index in [0.717, 1.165) is 50.1 Å². The quantitative estimate of drug-likeness (QED) is 0.173. The SMILES string of the molecule is c1ccc(-c2ccc(-c3ccccc3N(c3ccc4c(c3)C3(c5ccccc5-4)c4ccccc4-n4c5ccccc5c5cccc3c54)c3cccc4c3oc3ccccc34)cc2)cc1. The van der Waals surface area contributed by atoms with E-state index >= 15 is 0 Å². The van der Waals surface area contributed by atoms with Gasteiger partial charge in [0.05, 0.1) is 33.5 Å². The van der Waals surface area contributed by atoms with Crippen LogP contribution in [0.3, 0.4) is 0 Å². The van der Waals surface area contributed by atoms with Crippen molar-refractivity contribution in [3.63, 3.8) is 0 Å². The molecule has 14 rings (SSSR count). The maximum absolute atomic E-state index is 6.88. The summed E-state index contributed by atoms with van der Waals surface area (Å²) in [6, 6.07) is 84.5. The van der Waals surface area contributed by atoms with Gasteiger partial charge in [0.15, 0.2) is 5.58 Å². The van der Waals surface area contributed by atoms with Crippen LogP contribution < -0.4 is 4.90 Å². The van der Waals surface area contributed by atoms with Gasteiger partial charge in [-0.2, -0.15) is 0 Å². The second kappa shape index (κ2) is 13.3. The zero-order valence-corrected chi connectivity index (χ0v) is 34.7. The Kier molecular flexibility index (Phi) is 7.32. The number of rotatable bonds is 5. The van der Waals surface area contributed by atoms with Gasteiger partial charge in [0.25, 0.3) is 0 Å². The molecule has 0 N–H and O–H groups in total. The summed E-state index contributed by atoms with van der Waals surface area (Å²) in [5.74, 6) is 0. The normalized spacial score (nSPS) is 14.6. The molecule has 1 unspecified atom stereocenters. The lowest BCUT2D eigenvalue weighted by molar-refractivity contribution is 0.669. The summed E-state index contributed by atoms with van der Waals surface area (Å²) < 4.78 is 9.39. The van der Waals surface area contributed by atoms with Gasteiger partial charge in [-0.3, -0.25) is 0 Å². The van der Waals surface area contributed by atoms with Crippen LogP contribution in [0.2, 0.25) is 0 Å². The summed E-state index contributed by atoms with van der Waals surface area (Å²) >= 11 is 0. The van der Waals surface area contributed by atoms with Crippen molar-refractivity contribution in [1.29, 1.82) is 0 Å². The Bertz CT molecular complexity index is 3860. The van der Waals surface area contributed by atoms with Crippen molar-refractivity contribution >= 4 is 60.8 Å². The predicted octanol–water partition coefficient (Wildman–Crippen LogP) is 16.2. The van der Waals surface area contributed by atoms with E-state index in [1.807, 2.05) is 0 Å². The van der Waals surface area contributed by atoms with Gasteiger partial charge in [0.2, 0.25) is 0 Å². The molecule has 12 aromatic rings. The van der Waals surface area contributed by atoms with Crippen LogP contribution in [-0.4, -0.2) is 4.57 Å². The number of nitrogens with zero attached hydrogens (tertiary/aromatic N) is 2. The number of furan rings is 1. The van der Waals surface area contributed by atoms with Crippen LogP contribution in [0.4, 0.5) is 17.1 Å². The number of hydrogen-bond acceptors (Lipinski definition) is 2. The minimum Gasteiger partial charge on any atom is -0.454 e. The first-order valence-electron chi connectivity index (χ1n) is 22.1. The van der Waals surface area contributed by atoms with Crippen molar-refractivity contribution in [3.05, 3.63) is 253 Å². The first-order chi connectivity index (χ1) is 31.8. The van der Waals surface area contributed by atoms with E-state index in [0.29, 0.717) is 0 Å². The van der Waals surface area contributed by atoms with E-state index in [-0.39, 0.29) is 0 Å². The minimum absolute atomic E-state index is 0.591. The Morgan fingerprint density at radius 3 is 1.88 bits per heavy atom. The third kappa shape index (κ3) is 4.70. The van der Waals surface area contributed by atoms with Crippen LogP contribution >= 0.6 is 0 Å². The maximum atomic E-state index is 6.88. The van der Waals surface area contributed by atoms with Crippen molar-refractivity contribution < 1.29 is 4.42 Å². The smallest absolute Gasteiger partial charge is 0.159 e. The molecule has 1 atom stereocenters. The van der Waals surface area contributed by atoms with Gasteiger partial charge in [0.1, 0.15) is 5.58 Å². The Morgan fingerprint density at radius 1 is 0.375 bits per heavy atom. The van der Waals surface area contributed by atoms with E-state index in [4.69, 9.17) is 4.42 Å². The second-order valence-electron chi connectivity index (χ2n) is 17.1. The monoisotopic (exact) mass is 814 g/mol. The standard InChI is InChI=1S/C61H38N2O/c1-2-16-39(17-3-1)40-32-34-41(35-33-40)43-18-5-10-27-54(43)62(57-30-15-23-49-47-21-7-13-31-58(47)64-60(49)57)42-36-37-45-44-19-4-8-24-50(44)61(53(45)38-42)51-25-9-12-29-56(51)63-55-28-11-6-20-46(55)48-22-14-26-52(61)59(48)63/h1-38H. The summed E-state index contributed by atoms with van der Waals surface area (Å²) in [4.78, 5) is 2.44. The highest BCUT2D eigenvalue weighted by Gasteiger charge is 2.51. The molecule has 0 saturated carbocycles. The molecule has 3 nitrogen and oxygen atoms in total. The molecule has 10 aromatic carbocycles. The number of anilines is 3. The van der Waals surface area contributed by atoms with E-state index < -0.39 is 5.41 Å². The van der Waals surface area contributed by atoms with Crippen LogP contribution in [0.1, 0.15) is 22.3 Å². The average Bonchev–Trinajstić information content (AvgIpc) is 4.01. The molecule has 0 saturated heterocycles. The molecule has 2 aromatic heterocycles. The summed E-state index contributed by atoms with van der Waals surface area (Å²) in [7, 11) is 0. The van der Waals surface area contributed by atoms with Crippen LogP contribution in [0.15, 0.2) is 235 Å². The van der Waals surface area contributed by atoms with Crippen LogP contribution in [0, 0.1) is 0 Å². The summed E-state index contributed by atoms with van der Waals surface area (Å²) in [5, 5.41) is 4.74. The summed E-state index contributed by atoms with van der Waals surface area (Å²) in [5.41, 5.74) is 20.3. The fraction of sp³-hybridized carbons (Fsp3) is 0.0164. The zero-order chi connectivity index (χ0) is 41.9. The summed E-state index contributed by atoms with van der Waals surface area (Å²) in [6.45, 7) is 0. The molecule has 0 fully saturated rings. The van der Waals surface area contributed by atoms with Crippen LogP contribution in [-0.2, 0) is 5.41 Å². The van der Waals surface area contributed by atoms with Gasteiger partial charge in [0, 0.05) is 32.8 Å². The van der Waals surface area contributed by atoms with Crippen molar-refractivity contribution in [2.45, 2.75) is 5.41 Å². The van der Waals surface area contributed by atoms with E-state index in [9.17, 15) is 0 Å². The zero-order valence-electron chi connectivity index (χ0n) is 34.7.